The number of aromatic nitrogens is 2. The van der Waals surface area contributed by atoms with Crippen molar-refractivity contribution in [2.45, 2.75) is 31.8 Å². The van der Waals surface area contributed by atoms with Gasteiger partial charge in [0.1, 0.15) is 11.6 Å². The van der Waals surface area contributed by atoms with Gasteiger partial charge in [0.2, 0.25) is 5.91 Å². The molecule has 23 heavy (non-hydrogen) atoms. The van der Waals surface area contributed by atoms with Crippen LogP contribution in [-0.4, -0.2) is 27.9 Å². The number of ether oxygens (including phenoxy) is 1. The molecule has 0 bridgehead atoms. The molecule has 1 amide bonds. The van der Waals surface area contributed by atoms with Gasteiger partial charge in [0.25, 0.3) is 0 Å². The lowest BCUT2D eigenvalue weighted by molar-refractivity contribution is -0.274. The maximum absolute atomic E-state index is 12.3. The molecule has 8 heteroatoms. The summed E-state index contributed by atoms with van der Waals surface area (Å²) in [5.74, 6) is 0.245. The number of hydrogen-bond acceptors (Lipinski definition) is 3. The monoisotopic (exact) mass is 325 g/mol. The van der Waals surface area contributed by atoms with E-state index in [0.717, 1.165) is 6.42 Å². The van der Waals surface area contributed by atoms with E-state index in [2.05, 4.69) is 15.0 Å². The summed E-state index contributed by atoms with van der Waals surface area (Å²) in [4.78, 5) is 15.5. The maximum Gasteiger partial charge on any atom is 0.573 e. The van der Waals surface area contributed by atoms with Crippen molar-refractivity contribution in [3.63, 3.8) is 0 Å². The highest BCUT2D eigenvalue weighted by atomic mass is 19.4. The number of carbonyl (C=O) groups excluding carboxylic acids is 1. The average molecular weight is 325 g/mol. The maximum atomic E-state index is 12.3. The molecule has 0 saturated carbocycles. The van der Waals surface area contributed by atoms with Gasteiger partial charge in [-0.15, -0.1) is 13.2 Å². The predicted molar refractivity (Wildman–Crippen MR) is 75.5 cm³/mol. The largest absolute Gasteiger partial charge is 0.573 e. The summed E-state index contributed by atoms with van der Waals surface area (Å²) >= 11 is 0. The van der Waals surface area contributed by atoms with E-state index in [0.29, 0.717) is 24.4 Å². The minimum absolute atomic E-state index is 0.00468. The zero-order valence-corrected chi connectivity index (χ0v) is 12.0. The van der Waals surface area contributed by atoms with Crippen LogP contribution in [-0.2, 0) is 11.3 Å². The summed E-state index contributed by atoms with van der Waals surface area (Å²) in [7, 11) is 0. The third kappa shape index (κ3) is 3.82. The van der Waals surface area contributed by atoms with E-state index in [1.54, 1.807) is 18.5 Å². The minimum Gasteiger partial charge on any atom is -0.406 e. The SMILES string of the molecule is O=C1CCC(Cn2ccnc2-c2cccc(OC(F)(F)F)c2)N1. The first kappa shape index (κ1) is 15.4. The van der Waals surface area contributed by atoms with Crippen molar-refractivity contribution in [3.05, 3.63) is 36.7 Å². The molecule has 0 radical (unpaired) electrons. The molecular weight excluding hydrogens is 311 g/mol. The molecule has 0 spiro atoms. The molecule has 1 saturated heterocycles. The first-order valence-electron chi connectivity index (χ1n) is 7.07. The summed E-state index contributed by atoms with van der Waals surface area (Å²) in [5, 5.41) is 2.85. The van der Waals surface area contributed by atoms with Crippen molar-refractivity contribution in [1.82, 2.24) is 14.9 Å². The summed E-state index contributed by atoms with van der Waals surface area (Å²) < 4.78 is 42.7. The van der Waals surface area contributed by atoms with E-state index < -0.39 is 6.36 Å². The Kier molecular flexibility index (Phi) is 3.97. The third-order valence-electron chi connectivity index (χ3n) is 3.54. The van der Waals surface area contributed by atoms with Gasteiger partial charge in [-0.1, -0.05) is 12.1 Å². The molecule has 1 atom stereocenters. The highest BCUT2D eigenvalue weighted by molar-refractivity contribution is 5.78. The number of nitrogens with zero attached hydrogens (tertiary/aromatic N) is 2. The van der Waals surface area contributed by atoms with Gasteiger partial charge in [0.05, 0.1) is 0 Å². The van der Waals surface area contributed by atoms with Crippen LogP contribution < -0.4 is 10.1 Å². The predicted octanol–water partition coefficient (Wildman–Crippen LogP) is 2.73. The summed E-state index contributed by atoms with van der Waals surface area (Å²) in [5.41, 5.74) is 0.515. The lowest BCUT2D eigenvalue weighted by atomic mass is 10.2. The zero-order valence-electron chi connectivity index (χ0n) is 12.0. The van der Waals surface area contributed by atoms with Gasteiger partial charge < -0.3 is 14.6 Å². The molecule has 3 rings (SSSR count). The Morgan fingerprint density at radius 2 is 2.22 bits per heavy atom. The number of rotatable bonds is 4. The summed E-state index contributed by atoms with van der Waals surface area (Å²) in [6.07, 6.45) is -0.208. The number of carbonyl (C=O) groups is 1. The highest BCUT2D eigenvalue weighted by Gasteiger charge is 2.31. The second-order valence-corrected chi connectivity index (χ2v) is 5.28. The second kappa shape index (κ2) is 5.94. The van der Waals surface area contributed by atoms with Crippen LogP contribution in [0.25, 0.3) is 11.4 Å². The van der Waals surface area contributed by atoms with Gasteiger partial charge in [0, 0.05) is 37.0 Å². The van der Waals surface area contributed by atoms with Crippen LogP contribution >= 0.6 is 0 Å². The molecule has 1 aliphatic rings. The first-order valence-corrected chi connectivity index (χ1v) is 7.07. The fourth-order valence-electron chi connectivity index (χ4n) is 2.60. The molecule has 1 fully saturated rings. The molecule has 1 aromatic heterocycles. The van der Waals surface area contributed by atoms with Crippen LogP contribution in [0.4, 0.5) is 13.2 Å². The number of benzene rings is 1. The summed E-state index contributed by atoms with van der Waals surface area (Å²) in [6, 6.07) is 5.67. The van der Waals surface area contributed by atoms with Crippen molar-refractivity contribution in [1.29, 1.82) is 0 Å². The number of nitrogens with one attached hydrogen (secondary N) is 1. The lowest BCUT2D eigenvalue weighted by Crippen LogP contribution is -2.29. The van der Waals surface area contributed by atoms with Crippen LogP contribution in [0, 0.1) is 0 Å². The highest BCUT2D eigenvalue weighted by Crippen LogP contribution is 2.27. The molecule has 2 aromatic rings. The van der Waals surface area contributed by atoms with E-state index in [9.17, 15) is 18.0 Å². The van der Waals surface area contributed by atoms with Crippen LogP contribution in [0.1, 0.15) is 12.8 Å². The zero-order chi connectivity index (χ0) is 16.4. The topological polar surface area (TPSA) is 56.2 Å². The van der Waals surface area contributed by atoms with Gasteiger partial charge in [-0.05, 0) is 18.6 Å². The van der Waals surface area contributed by atoms with Crippen molar-refractivity contribution < 1.29 is 22.7 Å². The van der Waals surface area contributed by atoms with Gasteiger partial charge in [-0.2, -0.15) is 0 Å². The van der Waals surface area contributed by atoms with E-state index in [-0.39, 0.29) is 17.7 Å². The molecule has 122 valence electrons. The molecule has 1 aromatic carbocycles. The smallest absolute Gasteiger partial charge is 0.406 e. The van der Waals surface area contributed by atoms with Crippen LogP contribution in [0.2, 0.25) is 0 Å². The Hall–Kier alpha value is -2.51. The van der Waals surface area contributed by atoms with Crippen molar-refractivity contribution in [2.75, 3.05) is 0 Å². The van der Waals surface area contributed by atoms with Gasteiger partial charge in [-0.25, -0.2) is 4.98 Å². The number of halogens is 3. The number of alkyl halides is 3. The molecular formula is C15H14F3N3O2. The van der Waals surface area contributed by atoms with Crippen molar-refractivity contribution in [2.24, 2.45) is 0 Å². The lowest BCUT2D eigenvalue weighted by Gasteiger charge is -2.14. The average Bonchev–Trinajstić information content (AvgIpc) is 3.07. The van der Waals surface area contributed by atoms with Crippen molar-refractivity contribution in [3.8, 4) is 17.1 Å². The Morgan fingerprint density at radius 3 is 2.91 bits per heavy atom. The fraction of sp³-hybridized carbons (Fsp3) is 0.333. The normalized spacial score (nSPS) is 18.0. The van der Waals surface area contributed by atoms with Crippen LogP contribution in [0.5, 0.6) is 5.75 Å². The molecule has 0 aliphatic carbocycles. The number of hydrogen-bond donors (Lipinski definition) is 1. The Balaban J connectivity index is 1.81. The van der Waals surface area contributed by atoms with Crippen LogP contribution in [0.15, 0.2) is 36.7 Å². The van der Waals surface area contributed by atoms with E-state index >= 15 is 0 Å². The fourth-order valence-corrected chi connectivity index (χ4v) is 2.60. The van der Waals surface area contributed by atoms with E-state index in [1.165, 1.54) is 18.2 Å². The molecule has 1 aliphatic heterocycles. The van der Waals surface area contributed by atoms with E-state index in [1.807, 2.05) is 4.57 Å². The quantitative estimate of drug-likeness (QED) is 0.940. The van der Waals surface area contributed by atoms with E-state index in [4.69, 9.17) is 0 Å². The molecule has 1 unspecified atom stereocenters. The molecule has 2 heterocycles. The first-order chi connectivity index (χ1) is 10.9. The third-order valence-corrected chi connectivity index (χ3v) is 3.54. The van der Waals surface area contributed by atoms with Crippen LogP contribution in [0.3, 0.4) is 0 Å². The van der Waals surface area contributed by atoms with Gasteiger partial charge >= 0.3 is 6.36 Å². The minimum atomic E-state index is -4.73. The molecule has 1 N–H and O–H groups in total. The Labute approximate surface area is 130 Å². The Bertz CT molecular complexity index is 712. The van der Waals surface area contributed by atoms with Gasteiger partial charge in [-0.3, -0.25) is 4.79 Å². The number of amides is 1. The second-order valence-electron chi connectivity index (χ2n) is 5.28. The molecule has 5 nitrogen and oxygen atoms in total. The summed E-state index contributed by atoms with van der Waals surface area (Å²) in [6.45, 7) is 0.519. The van der Waals surface area contributed by atoms with Crippen molar-refractivity contribution >= 4 is 5.91 Å². The Morgan fingerprint density at radius 1 is 1.39 bits per heavy atom. The van der Waals surface area contributed by atoms with Gasteiger partial charge in [0.15, 0.2) is 0 Å². The number of imidazole rings is 1. The standard InChI is InChI=1S/C15H14F3N3O2/c16-15(17,18)23-12-3-1-2-10(8-12)14-19-6-7-21(14)9-11-4-5-13(22)20-11/h1-3,6-8,11H,4-5,9H2,(H,20,22).